The summed E-state index contributed by atoms with van der Waals surface area (Å²) in [7, 11) is 1.89. The Bertz CT molecular complexity index is 936. The van der Waals surface area contributed by atoms with Crippen LogP contribution >= 0.6 is 0 Å². The molecule has 7 heteroatoms. The summed E-state index contributed by atoms with van der Waals surface area (Å²) in [5.41, 5.74) is 1.88. The van der Waals surface area contributed by atoms with E-state index in [1.54, 1.807) is 4.68 Å². The number of aryl methyl sites for hydroxylation is 1. The maximum absolute atomic E-state index is 9.60. The van der Waals surface area contributed by atoms with Gasteiger partial charge in [-0.05, 0) is 19.1 Å². The first-order valence-electron chi connectivity index (χ1n) is 7.86. The van der Waals surface area contributed by atoms with Gasteiger partial charge in [-0.2, -0.15) is 10.4 Å². The SMILES string of the molecule is Cn1cc([C@]2(C)CN(c3nc4ccccn4c3C#N)CCO2)cn1. The van der Waals surface area contributed by atoms with Crippen LogP contribution in [-0.2, 0) is 17.4 Å². The number of ether oxygens (including phenoxy) is 1. The van der Waals surface area contributed by atoms with Gasteiger partial charge < -0.3 is 9.64 Å². The summed E-state index contributed by atoms with van der Waals surface area (Å²) in [6.07, 6.45) is 5.67. The third-order valence-corrected chi connectivity index (χ3v) is 4.51. The summed E-state index contributed by atoms with van der Waals surface area (Å²) >= 11 is 0. The Labute approximate surface area is 139 Å². The quantitative estimate of drug-likeness (QED) is 0.718. The van der Waals surface area contributed by atoms with Gasteiger partial charge in [0.2, 0.25) is 0 Å². The van der Waals surface area contributed by atoms with Crippen molar-refractivity contribution in [2.24, 2.45) is 7.05 Å². The molecule has 3 aromatic rings. The van der Waals surface area contributed by atoms with E-state index in [-0.39, 0.29) is 0 Å². The summed E-state index contributed by atoms with van der Waals surface area (Å²) in [5.74, 6) is 0.710. The summed E-state index contributed by atoms with van der Waals surface area (Å²) < 4.78 is 9.65. The van der Waals surface area contributed by atoms with Crippen LogP contribution in [0.25, 0.3) is 5.65 Å². The predicted molar refractivity (Wildman–Crippen MR) is 88.6 cm³/mol. The molecule has 0 aromatic carbocycles. The topological polar surface area (TPSA) is 71.4 Å². The van der Waals surface area contributed by atoms with Crippen LogP contribution < -0.4 is 4.90 Å². The Balaban J connectivity index is 1.74. The number of hydrogen-bond acceptors (Lipinski definition) is 5. The summed E-state index contributed by atoms with van der Waals surface area (Å²) in [5, 5.41) is 13.9. The Hall–Kier alpha value is -2.85. The Morgan fingerprint density at radius 2 is 2.25 bits per heavy atom. The molecule has 0 radical (unpaired) electrons. The standard InChI is InChI=1S/C17H18N6O/c1-17(13-10-19-21(2)11-13)12-22(7-8-24-17)16-14(9-18)23-6-4-3-5-15(23)20-16/h3-6,10-11H,7-8,12H2,1-2H3/t17-/m0/s1. The maximum atomic E-state index is 9.60. The number of imidazole rings is 1. The lowest BCUT2D eigenvalue weighted by atomic mass is 9.97. The van der Waals surface area contributed by atoms with Crippen LogP contribution in [0.4, 0.5) is 5.82 Å². The van der Waals surface area contributed by atoms with Crippen molar-refractivity contribution in [1.82, 2.24) is 19.2 Å². The largest absolute Gasteiger partial charge is 0.367 e. The fourth-order valence-corrected chi connectivity index (χ4v) is 3.23. The van der Waals surface area contributed by atoms with E-state index in [9.17, 15) is 5.26 Å². The van der Waals surface area contributed by atoms with Gasteiger partial charge in [0.15, 0.2) is 11.5 Å². The van der Waals surface area contributed by atoms with Crippen molar-refractivity contribution < 1.29 is 4.74 Å². The number of rotatable bonds is 2. The van der Waals surface area contributed by atoms with Gasteiger partial charge in [-0.15, -0.1) is 0 Å². The van der Waals surface area contributed by atoms with Gasteiger partial charge >= 0.3 is 0 Å². The molecule has 4 heterocycles. The zero-order chi connectivity index (χ0) is 16.7. The number of nitriles is 1. The van der Waals surface area contributed by atoms with E-state index in [4.69, 9.17) is 4.74 Å². The van der Waals surface area contributed by atoms with Crippen LogP contribution in [0.3, 0.4) is 0 Å². The highest BCUT2D eigenvalue weighted by Gasteiger charge is 2.36. The third kappa shape index (κ3) is 2.23. The van der Waals surface area contributed by atoms with Crippen LogP contribution in [0, 0.1) is 11.3 Å². The van der Waals surface area contributed by atoms with Crippen molar-refractivity contribution in [3.63, 3.8) is 0 Å². The van der Waals surface area contributed by atoms with Crippen molar-refractivity contribution >= 4 is 11.5 Å². The molecular formula is C17H18N6O. The molecule has 4 rings (SSSR count). The van der Waals surface area contributed by atoms with Crippen molar-refractivity contribution in [2.75, 3.05) is 24.6 Å². The number of anilines is 1. The molecule has 24 heavy (non-hydrogen) atoms. The summed E-state index contributed by atoms with van der Waals surface area (Å²) in [4.78, 5) is 6.79. The van der Waals surface area contributed by atoms with E-state index in [0.29, 0.717) is 31.2 Å². The minimum atomic E-state index is -0.477. The van der Waals surface area contributed by atoms with Crippen molar-refractivity contribution in [1.29, 1.82) is 5.26 Å². The van der Waals surface area contributed by atoms with E-state index in [1.807, 2.05) is 48.2 Å². The second kappa shape index (κ2) is 5.35. The van der Waals surface area contributed by atoms with Gasteiger partial charge in [-0.1, -0.05) is 6.07 Å². The zero-order valence-corrected chi connectivity index (χ0v) is 13.7. The van der Waals surface area contributed by atoms with Gasteiger partial charge in [0.05, 0.1) is 19.3 Å². The van der Waals surface area contributed by atoms with Gasteiger partial charge in [0.25, 0.3) is 0 Å². The Morgan fingerprint density at radius 1 is 1.38 bits per heavy atom. The smallest absolute Gasteiger partial charge is 0.169 e. The van der Waals surface area contributed by atoms with Gasteiger partial charge in [-0.25, -0.2) is 4.98 Å². The first-order chi connectivity index (χ1) is 11.6. The fraction of sp³-hybridized carbons (Fsp3) is 0.353. The van der Waals surface area contributed by atoms with Crippen LogP contribution in [0.15, 0.2) is 36.8 Å². The number of aromatic nitrogens is 4. The van der Waals surface area contributed by atoms with Crippen molar-refractivity contribution in [3.05, 3.63) is 48.0 Å². The molecule has 122 valence electrons. The highest BCUT2D eigenvalue weighted by molar-refractivity contribution is 5.60. The van der Waals surface area contributed by atoms with E-state index in [1.165, 1.54) is 0 Å². The lowest BCUT2D eigenvalue weighted by molar-refractivity contribution is -0.0468. The van der Waals surface area contributed by atoms with Crippen LogP contribution in [0.5, 0.6) is 0 Å². The van der Waals surface area contributed by atoms with Crippen LogP contribution in [0.2, 0.25) is 0 Å². The number of hydrogen-bond donors (Lipinski definition) is 0. The third-order valence-electron chi connectivity index (χ3n) is 4.51. The molecule has 3 aromatic heterocycles. The minimum absolute atomic E-state index is 0.477. The molecule has 0 aliphatic carbocycles. The predicted octanol–water partition coefficient (Wildman–Crippen LogP) is 1.69. The second-order valence-corrected chi connectivity index (χ2v) is 6.23. The second-order valence-electron chi connectivity index (χ2n) is 6.23. The maximum Gasteiger partial charge on any atom is 0.169 e. The average Bonchev–Trinajstić information content (AvgIpc) is 3.18. The Morgan fingerprint density at radius 3 is 3.00 bits per heavy atom. The molecule has 0 spiro atoms. The van der Waals surface area contributed by atoms with Crippen LogP contribution in [0.1, 0.15) is 18.2 Å². The normalized spacial score (nSPS) is 21.1. The number of fused-ring (bicyclic) bond motifs is 1. The number of morpholine rings is 1. The molecule has 1 aliphatic rings. The van der Waals surface area contributed by atoms with E-state index in [2.05, 4.69) is 28.0 Å². The molecule has 0 unspecified atom stereocenters. The Kier molecular flexibility index (Phi) is 3.28. The molecule has 7 nitrogen and oxygen atoms in total. The monoisotopic (exact) mass is 322 g/mol. The van der Waals surface area contributed by atoms with E-state index < -0.39 is 5.60 Å². The molecule has 1 fully saturated rings. The number of pyridine rings is 1. The van der Waals surface area contributed by atoms with Crippen molar-refractivity contribution in [3.8, 4) is 6.07 Å². The van der Waals surface area contributed by atoms with Crippen molar-refractivity contribution in [2.45, 2.75) is 12.5 Å². The summed E-state index contributed by atoms with van der Waals surface area (Å²) in [6.45, 7) is 3.95. The first-order valence-corrected chi connectivity index (χ1v) is 7.86. The first kappa shape index (κ1) is 14.7. The zero-order valence-electron chi connectivity index (χ0n) is 13.7. The fourth-order valence-electron chi connectivity index (χ4n) is 3.23. The lowest BCUT2D eigenvalue weighted by Gasteiger charge is -2.40. The molecule has 1 atom stereocenters. The molecule has 0 bridgehead atoms. The summed E-state index contributed by atoms with van der Waals surface area (Å²) in [6, 6.07) is 8.02. The molecule has 1 saturated heterocycles. The lowest BCUT2D eigenvalue weighted by Crippen LogP contribution is -2.48. The average molecular weight is 322 g/mol. The van der Waals surface area contributed by atoms with Gasteiger partial charge in [0.1, 0.15) is 17.3 Å². The molecule has 0 N–H and O–H groups in total. The highest BCUT2D eigenvalue weighted by atomic mass is 16.5. The highest BCUT2D eigenvalue weighted by Crippen LogP contribution is 2.32. The molecule has 0 amide bonds. The minimum Gasteiger partial charge on any atom is -0.367 e. The number of nitrogens with zero attached hydrogens (tertiary/aromatic N) is 6. The van der Waals surface area contributed by atoms with Gasteiger partial charge in [-0.3, -0.25) is 9.08 Å². The van der Waals surface area contributed by atoms with E-state index in [0.717, 1.165) is 11.2 Å². The molecule has 1 aliphatic heterocycles. The van der Waals surface area contributed by atoms with E-state index >= 15 is 0 Å². The molecule has 0 saturated carbocycles. The van der Waals surface area contributed by atoms with Gasteiger partial charge in [0, 0.05) is 31.5 Å². The van der Waals surface area contributed by atoms with Crippen LogP contribution in [-0.4, -0.2) is 38.9 Å². The molecular weight excluding hydrogens is 304 g/mol.